The molecule has 1 saturated heterocycles. The zero-order valence-electron chi connectivity index (χ0n) is 14.6. The molecule has 0 saturated carbocycles. The quantitative estimate of drug-likeness (QED) is 0.703. The van der Waals surface area contributed by atoms with Crippen molar-refractivity contribution in [1.82, 2.24) is 10.6 Å². The first kappa shape index (κ1) is 20.3. The molecule has 1 amide bonds. The van der Waals surface area contributed by atoms with Crippen molar-refractivity contribution in [3.63, 3.8) is 0 Å². The number of ether oxygens (including phenoxy) is 2. The monoisotopic (exact) mass is 354 g/mol. The number of hydrogen-bond donors (Lipinski definition) is 2. The fraction of sp³-hybridized carbons (Fsp3) is 0.500. The van der Waals surface area contributed by atoms with Crippen LogP contribution in [0.4, 0.5) is 0 Å². The number of carbonyl (C=O) groups excluding carboxylic acids is 1. The van der Waals surface area contributed by atoms with Gasteiger partial charge in [0.05, 0.1) is 14.2 Å². The van der Waals surface area contributed by atoms with Gasteiger partial charge in [0.15, 0.2) is 11.5 Å². The Balaban J connectivity index is 0.00000288. The largest absolute Gasteiger partial charge is 0.493 e. The molecule has 1 heterocycles. The van der Waals surface area contributed by atoms with Crippen molar-refractivity contribution in [3.05, 3.63) is 35.9 Å². The van der Waals surface area contributed by atoms with E-state index in [0.29, 0.717) is 24.6 Å². The van der Waals surface area contributed by atoms with Crippen LogP contribution in [0.5, 0.6) is 11.5 Å². The van der Waals surface area contributed by atoms with Crippen LogP contribution < -0.4 is 20.1 Å². The van der Waals surface area contributed by atoms with Crippen molar-refractivity contribution in [1.29, 1.82) is 0 Å². The maximum absolute atomic E-state index is 12.2. The minimum atomic E-state index is 0. The van der Waals surface area contributed by atoms with Gasteiger partial charge in [-0.05, 0) is 43.1 Å². The SMILES string of the molecule is C=CCc1cc(CNC(=O)C(C)C2CNC2)cc(OC)c1OC.Cl. The molecular formula is C18H27ClN2O3. The van der Waals surface area contributed by atoms with E-state index in [1.165, 1.54) is 0 Å². The first-order chi connectivity index (χ1) is 11.1. The molecule has 1 aromatic rings. The normalized spacial score (nSPS) is 14.8. The second-order valence-electron chi connectivity index (χ2n) is 5.91. The van der Waals surface area contributed by atoms with Gasteiger partial charge in [0.25, 0.3) is 0 Å². The lowest BCUT2D eigenvalue weighted by Crippen LogP contribution is -2.49. The van der Waals surface area contributed by atoms with Gasteiger partial charge in [0.1, 0.15) is 0 Å². The van der Waals surface area contributed by atoms with Crippen LogP contribution in [0.25, 0.3) is 0 Å². The van der Waals surface area contributed by atoms with Crippen molar-refractivity contribution >= 4 is 18.3 Å². The summed E-state index contributed by atoms with van der Waals surface area (Å²) in [5, 5.41) is 6.22. The zero-order valence-corrected chi connectivity index (χ0v) is 15.4. The van der Waals surface area contributed by atoms with Gasteiger partial charge in [-0.1, -0.05) is 13.0 Å². The first-order valence-electron chi connectivity index (χ1n) is 7.93. The van der Waals surface area contributed by atoms with E-state index in [1.807, 2.05) is 25.1 Å². The highest BCUT2D eigenvalue weighted by molar-refractivity contribution is 5.85. The Morgan fingerprint density at radius 1 is 1.42 bits per heavy atom. The molecule has 2 N–H and O–H groups in total. The van der Waals surface area contributed by atoms with Crippen LogP contribution in [0.3, 0.4) is 0 Å². The second kappa shape index (κ2) is 9.55. The van der Waals surface area contributed by atoms with Crippen molar-refractivity contribution < 1.29 is 14.3 Å². The summed E-state index contributed by atoms with van der Waals surface area (Å²) in [7, 11) is 3.24. The summed E-state index contributed by atoms with van der Waals surface area (Å²) in [6, 6.07) is 3.93. The Hall–Kier alpha value is -1.72. The predicted octanol–water partition coefficient (Wildman–Crippen LogP) is 2.33. The number of amides is 1. The number of rotatable bonds is 8. The van der Waals surface area contributed by atoms with Gasteiger partial charge in [0.2, 0.25) is 5.91 Å². The number of nitrogens with one attached hydrogen (secondary N) is 2. The molecule has 1 aromatic carbocycles. The highest BCUT2D eigenvalue weighted by atomic mass is 35.5. The molecule has 6 heteroatoms. The Bertz CT molecular complexity index is 574. The standard InChI is InChI=1S/C18H26N2O3.ClH/c1-5-6-14-7-13(8-16(22-3)17(14)23-4)9-20-18(21)12(2)15-10-19-11-15;/h5,7-8,12,15,19H,1,6,9-11H2,2-4H3,(H,20,21);1H. The maximum atomic E-state index is 12.2. The summed E-state index contributed by atoms with van der Waals surface area (Å²) in [6.45, 7) is 8.09. The van der Waals surface area contributed by atoms with E-state index in [4.69, 9.17) is 9.47 Å². The summed E-state index contributed by atoms with van der Waals surface area (Å²) < 4.78 is 10.8. The van der Waals surface area contributed by atoms with Gasteiger partial charge in [0, 0.05) is 18.0 Å². The van der Waals surface area contributed by atoms with E-state index < -0.39 is 0 Å². The van der Waals surface area contributed by atoms with E-state index in [1.54, 1.807) is 14.2 Å². The third kappa shape index (κ3) is 4.65. The number of methoxy groups -OCH3 is 2. The summed E-state index contributed by atoms with van der Waals surface area (Å²) in [5.41, 5.74) is 1.99. The molecule has 0 aliphatic carbocycles. The number of carbonyl (C=O) groups is 1. The van der Waals surface area contributed by atoms with E-state index in [2.05, 4.69) is 17.2 Å². The lowest BCUT2D eigenvalue weighted by atomic mass is 9.88. The van der Waals surface area contributed by atoms with Gasteiger partial charge >= 0.3 is 0 Å². The van der Waals surface area contributed by atoms with Crippen LogP contribution in [-0.2, 0) is 17.8 Å². The number of allylic oxidation sites excluding steroid dienone is 1. The molecule has 134 valence electrons. The highest BCUT2D eigenvalue weighted by Crippen LogP contribution is 2.33. The predicted molar refractivity (Wildman–Crippen MR) is 98.1 cm³/mol. The van der Waals surface area contributed by atoms with Crippen molar-refractivity contribution in [2.45, 2.75) is 19.9 Å². The Morgan fingerprint density at radius 2 is 2.12 bits per heavy atom. The maximum Gasteiger partial charge on any atom is 0.223 e. The molecule has 0 spiro atoms. The van der Waals surface area contributed by atoms with Gasteiger partial charge < -0.3 is 20.1 Å². The fourth-order valence-corrected chi connectivity index (χ4v) is 2.74. The van der Waals surface area contributed by atoms with Crippen molar-refractivity contribution in [2.75, 3.05) is 27.3 Å². The van der Waals surface area contributed by atoms with Gasteiger partial charge in [-0.2, -0.15) is 0 Å². The van der Waals surface area contributed by atoms with Crippen molar-refractivity contribution in [3.8, 4) is 11.5 Å². The summed E-state index contributed by atoms with van der Waals surface area (Å²) >= 11 is 0. The minimum absolute atomic E-state index is 0. The van der Waals surface area contributed by atoms with Crippen LogP contribution in [0.2, 0.25) is 0 Å². The van der Waals surface area contributed by atoms with E-state index >= 15 is 0 Å². The van der Waals surface area contributed by atoms with Crippen molar-refractivity contribution in [2.24, 2.45) is 11.8 Å². The Kier molecular flexibility index (Phi) is 8.08. The molecule has 1 aliphatic rings. The van der Waals surface area contributed by atoms with Gasteiger partial charge in [-0.25, -0.2) is 0 Å². The van der Waals surface area contributed by atoms with Gasteiger partial charge in [-0.3, -0.25) is 4.79 Å². The molecule has 2 rings (SSSR count). The highest BCUT2D eigenvalue weighted by Gasteiger charge is 2.28. The Labute approximate surface area is 150 Å². The topological polar surface area (TPSA) is 59.6 Å². The summed E-state index contributed by atoms with van der Waals surface area (Å²) in [5.74, 6) is 1.96. The first-order valence-corrected chi connectivity index (χ1v) is 7.93. The summed E-state index contributed by atoms with van der Waals surface area (Å²) in [4.78, 5) is 12.2. The van der Waals surface area contributed by atoms with Crippen LogP contribution in [-0.4, -0.2) is 33.2 Å². The smallest absolute Gasteiger partial charge is 0.223 e. The average Bonchev–Trinajstić information content (AvgIpc) is 2.50. The van der Waals surface area contributed by atoms with Crippen LogP contribution in [0.15, 0.2) is 24.8 Å². The zero-order chi connectivity index (χ0) is 16.8. The van der Waals surface area contributed by atoms with Crippen LogP contribution in [0, 0.1) is 11.8 Å². The third-order valence-corrected chi connectivity index (χ3v) is 4.38. The van der Waals surface area contributed by atoms with E-state index in [-0.39, 0.29) is 24.2 Å². The molecule has 0 aromatic heterocycles. The molecule has 1 aliphatic heterocycles. The number of benzene rings is 1. The summed E-state index contributed by atoms with van der Waals surface area (Å²) in [6.07, 6.45) is 2.51. The lowest BCUT2D eigenvalue weighted by Gasteiger charge is -2.31. The van der Waals surface area contributed by atoms with Gasteiger partial charge in [-0.15, -0.1) is 19.0 Å². The van der Waals surface area contributed by atoms with E-state index in [9.17, 15) is 4.79 Å². The molecular weight excluding hydrogens is 328 g/mol. The molecule has 1 unspecified atom stereocenters. The molecule has 0 bridgehead atoms. The van der Waals surface area contributed by atoms with Crippen LogP contribution >= 0.6 is 12.4 Å². The van der Waals surface area contributed by atoms with Crippen LogP contribution in [0.1, 0.15) is 18.1 Å². The minimum Gasteiger partial charge on any atom is -0.493 e. The molecule has 1 atom stereocenters. The Morgan fingerprint density at radius 3 is 2.62 bits per heavy atom. The van der Waals surface area contributed by atoms with E-state index in [0.717, 1.165) is 30.0 Å². The number of halogens is 1. The molecule has 5 nitrogen and oxygen atoms in total. The molecule has 24 heavy (non-hydrogen) atoms. The molecule has 1 fully saturated rings. The molecule has 0 radical (unpaired) electrons. The second-order valence-corrected chi connectivity index (χ2v) is 5.91. The fourth-order valence-electron chi connectivity index (χ4n) is 2.74. The average molecular weight is 355 g/mol. The lowest BCUT2D eigenvalue weighted by molar-refractivity contribution is -0.126. The third-order valence-electron chi connectivity index (χ3n) is 4.38. The number of hydrogen-bond acceptors (Lipinski definition) is 4.